The highest BCUT2D eigenvalue weighted by Crippen LogP contribution is 1.97. The van der Waals surface area contributed by atoms with Crippen LogP contribution in [0.25, 0.3) is 0 Å². The second-order valence-electron chi connectivity index (χ2n) is 5.96. The molecule has 0 aliphatic rings. The summed E-state index contributed by atoms with van der Waals surface area (Å²) in [5.41, 5.74) is 0. The van der Waals surface area contributed by atoms with Crippen LogP contribution in [0.1, 0.15) is 93.4 Å². The Morgan fingerprint density at radius 1 is 0.606 bits per heavy atom. The van der Waals surface area contributed by atoms with Gasteiger partial charge in [0.2, 0.25) is 5.91 Å². The van der Waals surface area contributed by atoms with Crippen LogP contribution in [0.3, 0.4) is 0 Å². The number of allylic oxidation sites excluding steroid dienone is 11. The van der Waals surface area contributed by atoms with E-state index in [0.717, 1.165) is 50.8 Å². The average molecular weight is 478 g/mol. The van der Waals surface area contributed by atoms with Gasteiger partial charge in [-0.05, 0) is 44.8 Å². The third-order valence-corrected chi connectivity index (χ3v) is 4.14. The Kier molecular flexibility index (Phi) is 51.4. The molecule has 0 aliphatic carbocycles. The van der Waals surface area contributed by atoms with Crippen LogP contribution >= 0.6 is 11.8 Å². The van der Waals surface area contributed by atoms with Crippen molar-refractivity contribution >= 4 is 17.7 Å². The summed E-state index contributed by atoms with van der Waals surface area (Å²) in [6.45, 7) is 14.9. The van der Waals surface area contributed by atoms with Gasteiger partial charge in [-0.1, -0.05) is 121 Å². The Hall–Kier alpha value is -1.74. The molecule has 0 saturated carbocycles. The Bertz CT molecular complexity index is 513. The van der Waals surface area contributed by atoms with Crippen molar-refractivity contribution in [3.05, 3.63) is 72.9 Å². The van der Waals surface area contributed by atoms with E-state index < -0.39 is 0 Å². The Balaban J connectivity index is -0.000000642. The third kappa shape index (κ3) is 44.7. The fourth-order valence-corrected chi connectivity index (χ4v) is 2.38. The SMILES string of the molecule is CC.CC.CC.CC/C=C\C/C=C\C/C=C\C/C=C\C/C=C\C/C=C\CC(=O)NCCSC. The van der Waals surface area contributed by atoms with Gasteiger partial charge in [-0.2, -0.15) is 11.8 Å². The molecule has 1 amide bonds. The first-order valence-electron chi connectivity index (χ1n) is 13.0. The summed E-state index contributed by atoms with van der Waals surface area (Å²) in [5.74, 6) is 1.07. The number of nitrogens with one attached hydrogen (secondary N) is 1. The first kappa shape index (κ1) is 38.5. The number of hydrogen-bond donors (Lipinski definition) is 1. The highest BCUT2D eigenvalue weighted by Gasteiger charge is 1.95. The Labute approximate surface area is 212 Å². The quantitative estimate of drug-likeness (QED) is 0.177. The molecule has 1 N–H and O–H groups in total. The normalized spacial score (nSPS) is 11.0. The molecule has 0 rings (SSSR count). The number of amides is 1. The largest absolute Gasteiger partial charge is 0.355 e. The van der Waals surface area contributed by atoms with E-state index in [4.69, 9.17) is 0 Å². The fraction of sp³-hybridized carbons (Fsp3) is 0.567. The molecule has 0 unspecified atom stereocenters. The second kappa shape index (κ2) is 44.0. The number of hydrogen-bond acceptors (Lipinski definition) is 2. The van der Waals surface area contributed by atoms with Gasteiger partial charge in [-0.25, -0.2) is 0 Å². The molecule has 0 atom stereocenters. The van der Waals surface area contributed by atoms with Crippen molar-refractivity contribution in [1.82, 2.24) is 5.32 Å². The van der Waals surface area contributed by atoms with Crippen LogP contribution in [0.15, 0.2) is 72.9 Å². The standard InChI is InChI=1S/C24H37NOS.3C2H6/c1-3-4-5-6-7-8-9-10-11-12-13-14-15-16-17-18-19-20-21-24(26)25-22-23-27-2;3*1-2/h4-5,7-8,10-11,13-14,16-17,19-20H,3,6,9,12,15,18,21-23H2,1-2H3,(H,25,26);3*1-2H3/b5-4-,8-7-,11-10-,14-13-,17-16-,20-19-;;;. The van der Waals surface area contributed by atoms with Crippen LogP contribution in [0.2, 0.25) is 0 Å². The minimum Gasteiger partial charge on any atom is -0.355 e. The first-order valence-corrected chi connectivity index (χ1v) is 14.4. The van der Waals surface area contributed by atoms with Crippen LogP contribution in [0, 0.1) is 0 Å². The maximum Gasteiger partial charge on any atom is 0.223 e. The number of carbonyl (C=O) groups excluding carboxylic acids is 1. The van der Waals surface area contributed by atoms with E-state index in [2.05, 4.69) is 73.0 Å². The summed E-state index contributed by atoms with van der Waals surface area (Å²) in [6, 6.07) is 0. The molecule has 192 valence electrons. The van der Waals surface area contributed by atoms with E-state index in [1.807, 2.05) is 60.0 Å². The van der Waals surface area contributed by atoms with Crippen molar-refractivity contribution in [3.8, 4) is 0 Å². The summed E-state index contributed by atoms with van der Waals surface area (Å²) < 4.78 is 0. The summed E-state index contributed by atoms with van der Waals surface area (Å²) in [5, 5.41) is 2.89. The molecule has 0 aromatic heterocycles. The van der Waals surface area contributed by atoms with Gasteiger partial charge in [-0.15, -0.1) is 0 Å². The zero-order valence-electron chi connectivity index (χ0n) is 23.1. The van der Waals surface area contributed by atoms with E-state index in [1.54, 1.807) is 11.8 Å². The van der Waals surface area contributed by atoms with Gasteiger partial charge in [0.05, 0.1) is 0 Å². The molecule has 0 fully saturated rings. The lowest BCUT2D eigenvalue weighted by Crippen LogP contribution is -2.24. The number of rotatable bonds is 16. The maximum atomic E-state index is 11.5. The maximum absolute atomic E-state index is 11.5. The van der Waals surface area contributed by atoms with Gasteiger partial charge in [0, 0.05) is 18.7 Å². The summed E-state index contributed by atoms with van der Waals surface area (Å²) in [7, 11) is 0. The van der Waals surface area contributed by atoms with Gasteiger partial charge >= 0.3 is 0 Å². The Morgan fingerprint density at radius 3 is 1.27 bits per heavy atom. The number of thioether (sulfide) groups is 1. The van der Waals surface area contributed by atoms with Crippen LogP contribution in [-0.2, 0) is 4.79 Å². The van der Waals surface area contributed by atoms with Gasteiger partial charge < -0.3 is 5.32 Å². The van der Waals surface area contributed by atoms with E-state index in [-0.39, 0.29) is 5.91 Å². The van der Waals surface area contributed by atoms with Crippen molar-refractivity contribution in [1.29, 1.82) is 0 Å². The Morgan fingerprint density at radius 2 is 0.939 bits per heavy atom. The van der Waals surface area contributed by atoms with E-state index in [1.165, 1.54) is 0 Å². The molecule has 0 radical (unpaired) electrons. The molecule has 33 heavy (non-hydrogen) atoms. The molecular formula is C30H55NOS. The van der Waals surface area contributed by atoms with Crippen LogP contribution in [0.5, 0.6) is 0 Å². The van der Waals surface area contributed by atoms with Gasteiger partial charge in [-0.3, -0.25) is 4.79 Å². The lowest BCUT2D eigenvalue weighted by atomic mass is 10.2. The van der Waals surface area contributed by atoms with Crippen LogP contribution in [0.4, 0.5) is 0 Å². The molecule has 0 spiro atoms. The van der Waals surface area contributed by atoms with E-state index in [0.29, 0.717) is 6.42 Å². The number of carbonyl (C=O) groups is 1. The highest BCUT2D eigenvalue weighted by atomic mass is 32.2. The average Bonchev–Trinajstić information content (AvgIpc) is 2.87. The van der Waals surface area contributed by atoms with Crippen molar-refractivity contribution < 1.29 is 4.79 Å². The lowest BCUT2D eigenvalue weighted by molar-refractivity contribution is -0.120. The van der Waals surface area contributed by atoms with Gasteiger partial charge in [0.25, 0.3) is 0 Å². The predicted molar refractivity (Wildman–Crippen MR) is 158 cm³/mol. The fourth-order valence-electron chi connectivity index (χ4n) is 2.08. The highest BCUT2D eigenvalue weighted by molar-refractivity contribution is 7.98. The predicted octanol–water partition coefficient (Wildman–Crippen LogP) is 9.63. The molecule has 2 nitrogen and oxygen atoms in total. The van der Waals surface area contributed by atoms with Crippen molar-refractivity contribution in [3.63, 3.8) is 0 Å². The van der Waals surface area contributed by atoms with E-state index >= 15 is 0 Å². The molecular weight excluding hydrogens is 422 g/mol. The topological polar surface area (TPSA) is 29.1 Å². The molecule has 0 aliphatic heterocycles. The molecule has 0 aromatic carbocycles. The van der Waals surface area contributed by atoms with Crippen LogP contribution < -0.4 is 5.32 Å². The monoisotopic (exact) mass is 477 g/mol. The summed E-state index contributed by atoms with van der Waals surface area (Å²) >= 11 is 1.74. The molecule has 0 heterocycles. The minimum atomic E-state index is 0.101. The van der Waals surface area contributed by atoms with Crippen molar-refractivity contribution in [2.45, 2.75) is 93.4 Å². The zero-order chi connectivity index (χ0) is 25.8. The van der Waals surface area contributed by atoms with Gasteiger partial charge in [0.1, 0.15) is 0 Å². The third-order valence-electron chi connectivity index (χ3n) is 3.53. The summed E-state index contributed by atoms with van der Waals surface area (Å²) in [4.78, 5) is 11.5. The van der Waals surface area contributed by atoms with Crippen LogP contribution in [-0.4, -0.2) is 24.5 Å². The van der Waals surface area contributed by atoms with E-state index in [9.17, 15) is 4.79 Å². The van der Waals surface area contributed by atoms with Crippen molar-refractivity contribution in [2.24, 2.45) is 0 Å². The lowest BCUT2D eigenvalue weighted by Gasteiger charge is -2.00. The second-order valence-corrected chi connectivity index (χ2v) is 6.95. The minimum absolute atomic E-state index is 0.101. The smallest absolute Gasteiger partial charge is 0.223 e. The first-order chi connectivity index (χ1) is 16.3. The summed E-state index contributed by atoms with van der Waals surface area (Å²) in [6.07, 6.45) is 34.4. The molecule has 3 heteroatoms. The van der Waals surface area contributed by atoms with Crippen molar-refractivity contribution in [2.75, 3.05) is 18.6 Å². The molecule has 0 bridgehead atoms. The molecule has 0 saturated heterocycles. The zero-order valence-corrected chi connectivity index (χ0v) is 23.9. The molecule has 0 aromatic rings. The van der Waals surface area contributed by atoms with Gasteiger partial charge in [0.15, 0.2) is 0 Å².